The number of aromatic nitrogens is 2. The van der Waals surface area contributed by atoms with Gasteiger partial charge in [-0.2, -0.15) is 5.10 Å². The molecule has 1 heterocycles. The third-order valence-electron chi connectivity index (χ3n) is 6.04. The van der Waals surface area contributed by atoms with Crippen LogP contribution in [0.1, 0.15) is 32.3 Å². The monoisotopic (exact) mass is 479 g/mol. The molecule has 3 aromatic rings. The van der Waals surface area contributed by atoms with Gasteiger partial charge in [-0.05, 0) is 30.9 Å². The molecule has 1 aromatic heterocycles. The van der Waals surface area contributed by atoms with Gasteiger partial charge in [0.05, 0.1) is 25.4 Å². The van der Waals surface area contributed by atoms with E-state index in [1.165, 1.54) is 0 Å². The number of aliphatic hydroxyl groups excluding tert-OH is 1. The van der Waals surface area contributed by atoms with Crippen LogP contribution in [0.25, 0.3) is 11.3 Å². The van der Waals surface area contributed by atoms with E-state index in [2.05, 4.69) is 30.9 Å². The standard InChI is InChI=1S/C28H37N3O4/c1-20(2)18-34-19-23(32)16-31(22-14-15-22)17-24-27(21-10-6-5-7-11-21)29-30(3)28(24)35-26-13-9-8-12-25(26)33-4/h5-13,20,22-23,32H,14-19H2,1-4H3/t23-/m1/s1. The van der Waals surface area contributed by atoms with Crippen molar-refractivity contribution >= 4 is 0 Å². The summed E-state index contributed by atoms with van der Waals surface area (Å²) in [5, 5.41) is 15.6. The van der Waals surface area contributed by atoms with Gasteiger partial charge in [0.25, 0.3) is 0 Å². The van der Waals surface area contributed by atoms with Crippen molar-refractivity contribution in [2.75, 3.05) is 26.9 Å². The second-order valence-corrected chi connectivity index (χ2v) is 9.62. The van der Waals surface area contributed by atoms with Crippen LogP contribution in [0.15, 0.2) is 54.6 Å². The lowest BCUT2D eigenvalue weighted by atomic mass is 10.1. The number of para-hydroxylation sites is 2. The zero-order valence-corrected chi connectivity index (χ0v) is 21.2. The highest BCUT2D eigenvalue weighted by Crippen LogP contribution is 2.39. The van der Waals surface area contributed by atoms with Crippen molar-refractivity contribution in [3.05, 3.63) is 60.2 Å². The molecule has 0 spiro atoms. The molecule has 1 atom stereocenters. The summed E-state index contributed by atoms with van der Waals surface area (Å²) in [6.45, 7) is 6.37. The maximum Gasteiger partial charge on any atom is 0.222 e. The van der Waals surface area contributed by atoms with Crippen molar-refractivity contribution in [1.82, 2.24) is 14.7 Å². The van der Waals surface area contributed by atoms with Crippen molar-refractivity contribution in [2.24, 2.45) is 13.0 Å². The SMILES string of the molecule is COc1ccccc1Oc1c(CN(C[C@@H](O)COCC(C)C)C2CC2)c(-c2ccccc2)nn1C. The fourth-order valence-electron chi connectivity index (χ4n) is 4.21. The summed E-state index contributed by atoms with van der Waals surface area (Å²) in [5.74, 6) is 2.42. The summed E-state index contributed by atoms with van der Waals surface area (Å²) in [4.78, 5) is 2.34. The zero-order valence-electron chi connectivity index (χ0n) is 21.2. The number of aryl methyl sites for hydroxylation is 1. The van der Waals surface area contributed by atoms with E-state index >= 15 is 0 Å². The Bertz CT molecular complexity index is 1080. The molecule has 7 heteroatoms. The predicted octanol–water partition coefficient (Wildman–Crippen LogP) is 4.89. The van der Waals surface area contributed by atoms with E-state index in [-0.39, 0.29) is 0 Å². The number of methoxy groups -OCH3 is 1. The molecule has 0 radical (unpaired) electrons. The molecule has 1 aliphatic carbocycles. The summed E-state index contributed by atoms with van der Waals surface area (Å²) in [7, 11) is 3.54. The number of hydrogen-bond donors (Lipinski definition) is 1. The van der Waals surface area contributed by atoms with E-state index in [0.717, 1.165) is 29.7 Å². The van der Waals surface area contributed by atoms with Crippen molar-refractivity contribution in [2.45, 2.75) is 45.4 Å². The Hall–Kier alpha value is -2.87. The highest BCUT2D eigenvalue weighted by atomic mass is 16.5. The summed E-state index contributed by atoms with van der Waals surface area (Å²) in [6, 6.07) is 18.2. The summed E-state index contributed by atoms with van der Waals surface area (Å²) >= 11 is 0. The molecule has 0 saturated heterocycles. The van der Waals surface area contributed by atoms with Crippen LogP contribution in [0.5, 0.6) is 17.4 Å². The van der Waals surface area contributed by atoms with Gasteiger partial charge in [-0.3, -0.25) is 4.90 Å². The van der Waals surface area contributed by atoms with E-state index in [1.54, 1.807) is 11.8 Å². The van der Waals surface area contributed by atoms with E-state index in [0.29, 0.717) is 55.6 Å². The molecule has 35 heavy (non-hydrogen) atoms. The lowest BCUT2D eigenvalue weighted by Gasteiger charge is -2.25. The maximum atomic E-state index is 10.7. The van der Waals surface area contributed by atoms with Gasteiger partial charge in [0.2, 0.25) is 5.88 Å². The number of hydrogen-bond acceptors (Lipinski definition) is 6. The molecular formula is C28H37N3O4. The Morgan fingerprint density at radius 2 is 1.71 bits per heavy atom. The molecule has 2 aromatic carbocycles. The molecule has 1 N–H and O–H groups in total. The van der Waals surface area contributed by atoms with Crippen LogP contribution in [0, 0.1) is 5.92 Å². The molecule has 4 rings (SSSR count). The highest BCUT2D eigenvalue weighted by molar-refractivity contribution is 5.66. The van der Waals surface area contributed by atoms with Crippen LogP contribution in [-0.2, 0) is 18.3 Å². The zero-order chi connectivity index (χ0) is 24.8. The number of benzene rings is 2. The van der Waals surface area contributed by atoms with Crippen LogP contribution in [0.4, 0.5) is 0 Å². The topological polar surface area (TPSA) is 69.0 Å². The first-order valence-electron chi connectivity index (χ1n) is 12.4. The van der Waals surface area contributed by atoms with E-state index < -0.39 is 6.10 Å². The third-order valence-corrected chi connectivity index (χ3v) is 6.04. The van der Waals surface area contributed by atoms with Crippen molar-refractivity contribution in [3.63, 3.8) is 0 Å². The minimum absolute atomic E-state index is 0.338. The van der Waals surface area contributed by atoms with Gasteiger partial charge in [0.15, 0.2) is 11.5 Å². The summed E-state index contributed by atoms with van der Waals surface area (Å²) in [6.07, 6.45) is 1.71. The number of rotatable bonds is 13. The lowest BCUT2D eigenvalue weighted by Crippen LogP contribution is -2.36. The first-order chi connectivity index (χ1) is 17.0. The molecule has 0 unspecified atom stereocenters. The van der Waals surface area contributed by atoms with Crippen molar-refractivity contribution in [3.8, 4) is 28.6 Å². The first-order valence-corrected chi connectivity index (χ1v) is 12.4. The minimum atomic E-state index is -0.551. The molecular weight excluding hydrogens is 442 g/mol. The van der Waals surface area contributed by atoms with Crippen LogP contribution in [0.3, 0.4) is 0 Å². The quantitative estimate of drug-likeness (QED) is 0.377. The molecule has 1 aliphatic rings. The van der Waals surface area contributed by atoms with E-state index in [4.69, 9.17) is 19.3 Å². The second kappa shape index (κ2) is 11.7. The molecule has 0 bridgehead atoms. The average Bonchev–Trinajstić information content (AvgIpc) is 3.66. The van der Waals surface area contributed by atoms with Crippen LogP contribution in [0.2, 0.25) is 0 Å². The van der Waals surface area contributed by atoms with Gasteiger partial charge in [-0.25, -0.2) is 4.68 Å². The van der Waals surface area contributed by atoms with Gasteiger partial charge >= 0.3 is 0 Å². The third kappa shape index (κ3) is 6.63. The fraction of sp³-hybridized carbons (Fsp3) is 0.464. The summed E-state index contributed by atoms with van der Waals surface area (Å²) in [5.41, 5.74) is 2.91. The molecule has 1 fully saturated rings. The minimum Gasteiger partial charge on any atom is -0.493 e. The molecule has 188 valence electrons. The molecule has 7 nitrogen and oxygen atoms in total. The van der Waals surface area contributed by atoms with E-state index in [9.17, 15) is 5.11 Å². The largest absolute Gasteiger partial charge is 0.493 e. The lowest BCUT2D eigenvalue weighted by molar-refractivity contribution is 0.00541. The Balaban J connectivity index is 1.63. The van der Waals surface area contributed by atoms with Crippen LogP contribution in [-0.4, -0.2) is 58.8 Å². The smallest absolute Gasteiger partial charge is 0.222 e. The Labute approximate surface area is 208 Å². The Kier molecular flexibility index (Phi) is 8.44. The van der Waals surface area contributed by atoms with Gasteiger partial charge in [-0.1, -0.05) is 56.3 Å². The number of ether oxygens (including phenoxy) is 3. The molecule has 0 aliphatic heterocycles. The summed E-state index contributed by atoms with van der Waals surface area (Å²) < 4.78 is 19.4. The maximum absolute atomic E-state index is 10.7. The van der Waals surface area contributed by atoms with Crippen molar-refractivity contribution in [1.29, 1.82) is 0 Å². The van der Waals surface area contributed by atoms with Crippen LogP contribution >= 0.6 is 0 Å². The highest BCUT2D eigenvalue weighted by Gasteiger charge is 2.33. The van der Waals surface area contributed by atoms with Crippen LogP contribution < -0.4 is 9.47 Å². The Morgan fingerprint density at radius 3 is 2.37 bits per heavy atom. The molecule has 1 saturated carbocycles. The average molecular weight is 480 g/mol. The van der Waals surface area contributed by atoms with Crippen molar-refractivity contribution < 1.29 is 19.3 Å². The predicted molar refractivity (Wildman–Crippen MR) is 137 cm³/mol. The van der Waals surface area contributed by atoms with Gasteiger partial charge in [0, 0.05) is 38.3 Å². The van der Waals surface area contributed by atoms with Gasteiger partial charge in [-0.15, -0.1) is 0 Å². The first kappa shape index (κ1) is 25.2. The van der Waals surface area contributed by atoms with Gasteiger partial charge < -0.3 is 19.3 Å². The fourth-order valence-corrected chi connectivity index (χ4v) is 4.21. The number of aliphatic hydroxyl groups is 1. The Morgan fingerprint density at radius 1 is 1.03 bits per heavy atom. The van der Waals surface area contributed by atoms with E-state index in [1.807, 2.05) is 49.5 Å². The van der Waals surface area contributed by atoms with Gasteiger partial charge in [0.1, 0.15) is 5.69 Å². The normalized spacial score (nSPS) is 14.5. The second-order valence-electron chi connectivity index (χ2n) is 9.62. The number of nitrogens with zero attached hydrogens (tertiary/aromatic N) is 3. The molecule has 0 amide bonds.